The van der Waals surface area contributed by atoms with Gasteiger partial charge in [-0.05, 0) is 64.7 Å². The van der Waals surface area contributed by atoms with Gasteiger partial charge in [0.2, 0.25) is 17.7 Å². The van der Waals surface area contributed by atoms with E-state index in [0.29, 0.717) is 11.1 Å². The largest absolute Gasteiger partial charge is 0.460 e. The van der Waals surface area contributed by atoms with Crippen LogP contribution in [-0.2, 0) is 61.0 Å². The highest BCUT2D eigenvalue weighted by Gasteiger charge is 2.34. The number of benzene rings is 2. The number of ether oxygens (including phenoxy) is 3. The number of sulfone groups is 1. The predicted molar refractivity (Wildman–Crippen MR) is 221 cm³/mol. The summed E-state index contributed by atoms with van der Waals surface area (Å²) in [6.45, 7) is 13.1. The molecule has 0 spiro atoms. The molecule has 2 aromatic carbocycles. The van der Waals surface area contributed by atoms with Crippen molar-refractivity contribution in [3.63, 3.8) is 0 Å². The number of hydrogen-bond acceptors (Lipinski definition) is 11. The fourth-order valence-corrected chi connectivity index (χ4v) is 6.17. The van der Waals surface area contributed by atoms with Gasteiger partial charge in [-0.1, -0.05) is 68.5 Å². The van der Waals surface area contributed by atoms with Crippen LogP contribution >= 0.6 is 0 Å². The zero-order chi connectivity index (χ0) is 44.1. The lowest BCUT2D eigenvalue weighted by atomic mass is 9.99. The summed E-state index contributed by atoms with van der Waals surface area (Å²) in [5.41, 5.74) is 0.305. The SMILES string of the molecule is CC(C)[C@H](NC(=O)C(Cc1c[nH]c2ccccc12)NC(=O)[C@H](CC(=O)OC(C)(C)C)NC(=O)OCc1ccccc1)C(=O)NC(/C=C/S(C)(=O)=O)CC(=O)OC(C)(C)C. The number of nitrogens with one attached hydrogen (secondary N) is 5. The van der Waals surface area contributed by atoms with Gasteiger partial charge in [-0.2, -0.15) is 0 Å². The van der Waals surface area contributed by atoms with Gasteiger partial charge in [-0.15, -0.1) is 0 Å². The minimum atomic E-state index is -3.65. The highest BCUT2D eigenvalue weighted by Crippen LogP contribution is 2.20. The van der Waals surface area contributed by atoms with Crippen LogP contribution in [0.5, 0.6) is 0 Å². The van der Waals surface area contributed by atoms with E-state index >= 15 is 0 Å². The number of carbonyl (C=O) groups is 6. The first-order valence-corrected chi connectivity index (χ1v) is 21.1. The first-order valence-electron chi connectivity index (χ1n) is 19.1. The Kier molecular flexibility index (Phi) is 16.8. The Bertz CT molecular complexity index is 2080. The van der Waals surface area contributed by atoms with E-state index in [1.165, 1.54) is 0 Å². The molecule has 3 aromatic rings. The Morgan fingerprint density at radius 2 is 1.31 bits per heavy atom. The topological polar surface area (TPSA) is 228 Å². The monoisotopic (exact) mass is 839 g/mol. The van der Waals surface area contributed by atoms with Gasteiger partial charge >= 0.3 is 18.0 Å². The molecule has 4 atom stereocenters. The lowest BCUT2D eigenvalue weighted by Gasteiger charge is -2.28. The molecule has 0 saturated heterocycles. The van der Waals surface area contributed by atoms with Gasteiger partial charge in [-0.3, -0.25) is 24.0 Å². The van der Waals surface area contributed by atoms with E-state index in [9.17, 15) is 37.2 Å². The van der Waals surface area contributed by atoms with E-state index in [4.69, 9.17) is 14.2 Å². The highest BCUT2D eigenvalue weighted by atomic mass is 32.2. The number of amides is 4. The van der Waals surface area contributed by atoms with Crippen molar-refractivity contribution in [2.24, 2.45) is 5.92 Å². The van der Waals surface area contributed by atoms with E-state index in [-0.39, 0.29) is 13.0 Å². The second-order valence-corrected chi connectivity index (χ2v) is 18.4. The normalized spacial score (nSPS) is 14.1. The van der Waals surface area contributed by atoms with Gasteiger partial charge in [0.05, 0.1) is 18.9 Å². The third kappa shape index (κ3) is 17.4. The van der Waals surface area contributed by atoms with E-state index in [1.807, 2.05) is 18.2 Å². The molecule has 17 heteroatoms. The highest BCUT2D eigenvalue weighted by molar-refractivity contribution is 7.93. The van der Waals surface area contributed by atoms with E-state index in [2.05, 4.69) is 26.3 Å². The van der Waals surface area contributed by atoms with Crippen molar-refractivity contribution in [1.29, 1.82) is 0 Å². The van der Waals surface area contributed by atoms with Crippen molar-refractivity contribution in [3.8, 4) is 0 Å². The Morgan fingerprint density at radius 1 is 0.729 bits per heavy atom. The fourth-order valence-electron chi connectivity index (χ4n) is 5.70. The molecule has 16 nitrogen and oxygen atoms in total. The Hall–Kier alpha value is -5.71. The van der Waals surface area contributed by atoms with Crippen LogP contribution in [0.3, 0.4) is 0 Å². The minimum Gasteiger partial charge on any atom is -0.460 e. The first-order chi connectivity index (χ1) is 27.4. The van der Waals surface area contributed by atoms with Crippen molar-refractivity contribution in [2.75, 3.05) is 6.26 Å². The maximum absolute atomic E-state index is 14.3. The molecule has 3 rings (SSSR count). The number of esters is 2. The lowest BCUT2D eigenvalue weighted by molar-refractivity contribution is -0.157. The van der Waals surface area contributed by atoms with E-state index in [1.54, 1.807) is 98.0 Å². The summed E-state index contributed by atoms with van der Waals surface area (Å²) >= 11 is 0. The number of fused-ring (bicyclic) bond motifs is 1. The van der Waals surface area contributed by atoms with Gasteiger partial charge in [0.1, 0.15) is 35.9 Å². The standard InChI is InChI=1S/C42H57N5O11S/c1-26(2)36(39(52)44-29(19-20-59(9,54)55)22-34(48)57-41(3,4)5)47-38(51)32(21-28-24-43-31-18-14-13-17-30(28)31)45-37(50)33(23-35(49)58-42(6,7)8)46-40(53)56-25-27-15-11-10-12-16-27/h10-20,24,26,29,32-33,36,43H,21-23,25H2,1-9H3,(H,44,52)(H,45,50)(H,46,53)(H,47,51)/b20-19+/t29?,32?,33-,36-/m0/s1. The van der Waals surface area contributed by atoms with Crippen LogP contribution in [0.25, 0.3) is 10.9 Å². The molecule has 59 heavy (non-hydrogen) atoms. The van der Waals surface area contributed by atoms with Crippen LogP contribution in [-0.4, -0.2) is 90.8 Å². The lowest BCUT2D eigenvalue weighted by Crippen LogP contribution is -2.59. The van der Waals surface area contributed by atoms with Crippen LogP contribution in [0.1, 0.15) is 79.4 Å². The average molecular weight is 840 g/mol. The number of H-pyrrole nitrogens is 1. The van der Waals surface area contributed by atoms with Gasteiger partial charge in [0.25, 0.3) is 0 Å². The van der Waals surface area contributed by atoms with Crippen molar-refractivity contribution in [3.05, 3.63) is 83.4 Å². The van der Waals surface area contributed by atoms with E-state index < -0.39 is 99.7 Å². The van der Waals surface area contributed by atoms with Gasteiger partial charge < -0.3 is 40.5 Å². The molecular weight excluding hydrogens is 783 g/mol. The van der Waals surface area contributed by atoms with Crippen LogP contribution in [0.2, 0.25) is 0 Å². The zero-order valence-electron chi connectivity index (χ0n) is 35.0. The molecule has 0 aliphatic rings. The zero-order valence-corrected chi connectivity index (χ0v) is 35.9. The van der Waals surface area contributed by atoms with Crippen LogP contribution < -0.4 is 21.3 Å². The maximum Gasteiger partial charge on any atom is 0.408 e. The average Bonchev–Trinajstić information content (AvgIpc) is 3.52. The fraction of sp³-hybridized carbons (Fsp3) is 0.476. The molecular formula is C42H57N5O11S. The number of alkyl carbamates (subject to hydrolysis) is 1. The molecule has 1 aromatic heterocycles. The van der Waals surface area contributed by atoms with Gasteiger partial charge in [-0.25, -0.2) is 13.2 Å². The van der Waals surface area contributed by atoms with Crippen LogP contribution in [0.4, 0.5) is 4.79 Å². The summed E-state index contributed by atoms with van der Waals surface area (Å²) in [4.78, 5) is 84.0. The smallest absolute Gasteiger partial charge is 0.408 e. The van der Waals surface area contributed by atoms with Gasteiger partial charge in [0.15, 0.2) is 9.84 Å². The number of carbonyl (C=O) groups excluding carboxylic acids is 6. The summed E-state index contributed by atoms with van der Waals surface area (Å²) < 4.78 is 40.0. The molecule has 0 bridgehead atoms. The number of rotatable bonds is 18. The summed E-state index contributed by atoms with van der Waals surface area (Å²) in [6.07, 6.45) is 1.67. The van der Waals surface area contributed by atoms with Crippen LogP contribution in [0.15, 0.2) is 72.3 Å². The Balaban J connectivity index is 1.93. The molecule has 0 fully saturated rings. The van der Waals surface area contributed by atoms with Crippen molar-refractivity contribution < 1.29 is 51.4 Å². The predicted octanol–water partition coefficient (Wildman–Crippen LogP) is 4.14. The Morgan fingerprint density at radius 3 is 1.90 bits per heavy atom. The maximum atomic E-state index is 14.3. The summed E-state index contributed by atoms with van der Waals surface area (Å²) in [6, 6.07) is 10.8. The number of para-hydroxylation sites is 1. The van der Waals surface area contributed by atoms with Crippen molar-refractivity contribution in [1.82, 2.24) is 26.3 Å². The molecule has 0 aliphatic carbocycles. The summed E-state index contributed by atoms with van der Waals surface area (Å²) in [5.74, 6) is -4.52. The molecule has 0 radical (unpaired) electrons. The molecule has 0 aliphatic heterocycles. The minimum absolute atomic E-state index is 0.0933. The number of hydrogen-bond donors (Lipinski definition) is 5. The molecule has 4 amide bonds. The van der Waals surface area contributed by atoms with E-state index in [0.717, 1.165) is 28.6 Å². The summed E-state index contributed by atoms with van der Waals surface area (Å²) in [7, 11) is -3.65. The third-order valence-corrected chi connectivity index (χ3v) is 8.93. The second-order valence-electron chi connectivity index (χ2n) is 16.5. The first kappa shape index (κ1) is 47.7. The molecule has 2 unspecified atom stereocenters. The molecule has 322 valence electrons. The van der Waals surface area contributed by atoms with Crippen LogP contribution in [0, 0.1) is 5.92 Å². The quantitative estimate of drug-likeness (QED) is 0.0904. The van der Waals surface area contributed by atoms with Gasteiger partial charge in [0, 0.05) is 35.2 Å². The molecule has 1 heterocycles. The molecule has 0 saturated carbocycles. The summed E-state index contributed by atoms with van der Waals surface area (Å²) in [5, 5.41) is 12.0. The molecule has 5 N–H and O–H groups in total. The Labute approximate surface area is 345 Å². The van der Waals surface area contributed by atoms with Crippen molar-refractivity contribution in [2.45, 2.75) is 117 Å². The third-order valence-electron chi connectivity index (χ3n) is 8.28. The number of aromatic nitrogens is 1. The van der Waals surface area contributed by atoms with Crippen molar-refractivity contribution >= 4 is 56.5 Å². The second kappa shape index (κ2) is 20.8. The number of aromatic amines is 1.